The van der Waals surface area contributed by atoms with Gasteiger partial charge in [-0.3, -0.25) is 10.2 Å². The molecule has 5 rings (SSSR count). The monoisotopic (exact) mass is 525 g/mol. The number of fused-ring (bicyclic) bond motifs is 1. The van der Waals surface area contributed by atoms with Gasteiger partial charge < -0.3 is 15.6 Å². The standard InChI is InChI=1S/C23H21F6N7O/c24-10-4-13-14(8-30-19(13)16(25)5-10)18-15(23(27,28)29)7-17(26)20(35-18)33-11-2-1-3-12(6-11)34-22(37)21-31-9-32-36-21/h4-5,7-8,11-12,30,32H,1-3,6,9H2,(H,31,36)(H,33,35)(H,34,37)/t11-,12+/m1/s1. The van der Waals surface area contributed by atoms with Crippen molar-refractivity contribution < 1.29 is 31.1 Å². The normalized spacial score (nSPS) is 20.0. The summed E-state index contributed by atoms with van der Waals surface area (Å²) in [5.41, 5.74) is 2.84. The molecule has 1 amide bonds. The Morgan fingerprint density at radius 1 is 1.05 bits per heavy atom. The second kappa shape index (κ2) is 9.57. The molecular formula is C23H21F6N7O. The first-order valence-electron chi connectivity index (χ1n) is 11.4. The summed E-state index contributed by atoms with van der Waals surface area (Å²) in [6.45, 7) is 0.258. The molecule has 0 saturated heterocycles. The molecule has 3 aromatic rings. The number of pyridine rings is 1. The highest BCUT2D eigenvalue weighted by Gasteiger charge is 2.37. The molecule has 14 heteroatoms. The van der Waals surface area contributed by atoms with Crippen LogP contribution in [0, 0.1) is 17.5 Å². The SMILES string of the molecule is O=C(N[C@H]1CCC[C@@H](Nc2nc(-c3c[nH]c4c(F)cc(F)cc34)c(C(F)(F)F)cc2F)C1)C1=NCNN1. The summed E-state index contributed by atoms with van der Waals surface area (Å²) in [7, 11) is 0. The van der Waals surface area contributed by atoms with Gasteiger partial charge in [-0.1, -0.05) is 0 Å². The van der Waals surface area contributed by atoms with Crippen molar-refractivity contribution in [2.75, 3.05) is 12.0 Å². The largest absolute Gasteiger partial charge is 0.418 e. The van der Waals surface area contributed by atoms with Crippen molar-refractivity contribution in [1.29, 1.82) is 0 Å². The fourth-order valence-corrected chi connectivity index (χ4v) is 4.67. The molecule has 8 nitrogen and oxygen atoms in total. The number of nitrogens with zero attached hydrogens (tertiary/aromatic N) is 2. The van der Waals surface area contributed by atoms with Crippen molar-refractivity contribution in [2.24, 2.45) is 4.99 Å². The predicted octanol–water partition coefficient (Wildman–Crippen LogP) is 3.97. The molecule has 2 aromatic heterocycles. The number of rotatable bonds is 5. The second-order valence-corrected chi connectivity index (χ2v) is 8.87. The van der Waals surface area contributed by atoms with Gasteiger partial charge in [-0.05, 0) is 37.8 Å². The first kappa shape index (κ1) is 24.9. The lowest BCUT2D eigenvalue weighted by atomic mass is 9.91. The Balaban J connectivity index is 1.44. The Hall–Kier alpha value is -3.81. The molecule has 0 unspecified atom stereocenters. The van der Waals surface area contributed by atoms with E-state index in [4.69, 9.17) is 0 Å². The number of amidine groups is 1. The molecule has 37 heavy (non-hydrogen) atoms. The maximum Gasteiger partial charge on any atom is 0.418 e. The van der Waals surface area contributed by atoms with Crippen LogP contribution in [0.1, 0.15) is 31.2 Å². The van der Waals surface area contributed by atoms with E-state index < -0.39 is 52.7 Å². The van der Waals surface area contributed by atoms with Crippen LogP contribution in [-0.4, -0.2) is 40.5 Å². The van der Waals surface area contributed by atoms with Gasteiger partial charge in [0.2, 0.25) is 5.84 Å². The quantitative estimate of drug-likeness (QED) is 0.324. The molecule has 196 valence electrons. The van der Waals surface area contributed by atoms with Gasteiger partial charge in [0, 0.05) is 35.3 Å². The lowest BCUT2D eigenvalue weighted by molar-refractivity contribution is -0.137. The molecule has 0 bridgehead atoms. The molecule has 3 heterocycles. The van der Waals surface area contributed by atoms with Crippen molar-refractivity contribution in [1.82, 2.24) is 26.1 Å². The zero-order valence-electron chi connectivity index (χ0n) is 19.1. The third-order valence-electron chi connectivity index (χ3n) is 6.33. The van der Waals surface area contributed by atoms with Crippen LogP contribution >= 0.6 is 0 Å². The number of amides is 1. The Bertz CT molecular complexity index is 1390. The predicted molar refractivity (Wildman–Crippen MR) is 123 cm³/mol. The van der Waals surface area contributed by atoms with Crippen LogP contribution in [0.15, 0.2) is 29.4 Å². The van der Waals surface area contributed by atoms with Gasteiger partial charge in [-0.15, -0.1) is 0 Å². The van der Waals surface area contributed by atoms with Gasteiger partial charge >= 0.3 is 6.18 Å². The lowest BCUT2D eigenvalue weighted by Crippen LogP contribution is -2.48. The number of halogens is 6. The van der Waals surface area contributed by atoms with Crippen LogP contribution in [0.3, 0.4) is 0 Å². The molecular weight excluding hydrogens is 504 g/mol. The number of nitrogens with one attached hydrogen (secondary N) is 5. The number of aromatic nitrogens is 2. The van der Waals surface area contributed by atoms with E-state index in [1.807, 2.05) is 0 Å². The molecule has 1 saturated carbocycles. The molecule has 1 aromatic carbocycles. The summed E-state index contributed by atoms with van der Waals surface area (Å²) < 4.78 is 84.4. The molecule has 1 fully saturated rings. The zero-order valence-corrected chi connectivity index (χ0v) is 19.1. The third-order valence-corrected chi connectivity index (χ3v) is 6.33. The van der Waals surface area contributed by atoms with Crippen LogP contribution < -0.4 is 21.5 Å². The third kappa shape index (κ3) is 5.05. The van der Waals surface area contributed by atoms with Crippen LogP contribution in [0.4, 0.5) is 32.2 Å². The average molecular weight is 525 g/mol. The lowest BCUT2D eigenvalue weighted by Gasteiger charge is -2.31. The van der Waals surface area contributed by atoms with Gasteiger partial charge in [-0.2, -0.15) is 13.2 Å². The van der Waals surface area contributed by atoms with Gasteiger partial charge in [0.05, 0.1) is 16.8 Å². The molecule has 5 N–H and O–H groups in total. The molecule has 1 aliphatic carbocycles. The second-order valence-electron chi connectivity index (χ2n) is 8.87. The summed E-state index contributed by atoms with van der Waals surface area (Å²) >= 11 is 0. The average Bonchev–Trinajstić information content (AvgIpc) is 3.50. The number of anilines is 1. The van der Waals surface area contributed by atoms with Crippen molar-refractivity contribution in [3.63, 3.8) is 0 Å². The summed E-state index contributed by atoms with van der Waals surface area (Å²) in [4.78, 5) is 22.7. The molecule has 1 aliphatic heterocycles. The first-order chi connectivity index (χ1) is 17.6. The van der Waals surface area contributed by atoms with Gasteiger partial charge in [0.15, 0.2) is 11.6 Å². The smallest absolute Gasteiger partial charge is 0.365 e. The minimum absolute atomic E-state index is 0.141. The van der Waals surface area contributed by atoms with E-state index in [1.165, 1.54) is 0 Å². The summed E-state index contributed by atoms with van der Waals surface area (Å²) in [5.74, 6) is -3.89. The van der Waals surface area contributed by atoms with E-state index in [1.54, 1.807) is 0 Å². The van der Waals surface area contributed by atoms with Gasteiger partial charge in [0.1, 0.15) is 18.3 Å². The number of alkyl halides is 3. The van der Waals surface area contributed by atoms with Gasteiger partial charge in [0.25, 0.3) is 5.91 Å². The number of carbonyl (C=O) groups excluding carboxylic acids is 1. The Labute approximate surface area is 205 Å². The van der Waals surface area contributed by atoms with E-state index in [0.29, 0.717) is 37.8 Å². The van der Waals surface area contributed by atoms with E-state index >= 15 is 0 Å². The summed E-state index contributed by atoms with van der Waals surface area (Å²) in [6, 6.07) is 1.12. The number of H-pyrrole nitrogens is 1. The molecule has 2 aliphatic rings. The molecule has 0 spiro atoms. The Kier molecular flexibility index (Phi) is 6.43. The summed E-state index contributed by atoms with van der Waals surface area (Å²) in [6.07, 6.45) is -1.65. The Morgan fingerprint density at radius 2 is 1.84 bits per heavy atom. The number of aromatic amines is 1. The van der Waals surface area contributed by atoms with Gasteiger partial charge in [-0.25, -0.2) is 28.6 Å². The number of hydrogen-bond donors (Lipinski definition) is 5. The topological polar surface area (TPSA) is 106 Å². The van der Waals surface area contributed by atoms with Crippen LogP contribution in [0.2, 0.25) is 0 Å². The van der Waals surface area contributed by atoms with E-state index in [9.17, 15) is 31.1 Å². The fourth-order valence-electron chi connectivity index (χ4n) is 4.67. The Morgan fingerprint density at radius 3 is 2.57 bits per heavy atom. The first-order valence-corrected chi connectivity index (χ1v) is 11.4. The maximum absolute atomic E-state index is 14.9. The highest BCUT2D eigenvalue weighted by atomic mass is 19.4. The number of benzene rings is 1. The number of hydrogen-bond acceptors (Lipinski definition) is 6. The fraction of sp³-hybridized carbons (Fsp3) is 0.348. The number of aliphatic imine (C=N–C) groups is 1. The van der Waals surface area contributed by atoms with E-state index in [0.717, 1.165) is 12.3 Å². The molecule has 2 atom stereocenters. The van der Waals surface area contributed by atoms with E-state index in [2.05, 4.69) is 36.4 Å². The maximum atomic E-state index is 14.9. The van der Waals surface area contributed by atoms with Crippen LogP contribution in [0.25, 0.3) is 22.2 Å². The van der Waals surface area contributed by atoms with Crippen molar-refractivity contribution >= 4 is 28.5 Å². The van der Waals surface area contributed by atoms with E-state index in [-0.39, 0.29) is 35.0 Å². The highest BCUT2D eigenvalue weighted by molar-refractivity contribution is 6.38. The van der Waals surface area contributed by atoms with Crippen molar-refractivity contribution in [2.45, 2.75) is 43.9 Å². The van der Waals surface area contributed by atoms with Crippen LogP contribution in [-0.2, 0) is 11.0 Å². The zero-order chi connectivity index (χ0) is 26.3. The highest BCUT2D eigenvalue weighted by Crippen LogP contribution is 2.41. The summed E-state index contributed by atoms with van der Waals surface area (Å²) in [5, 5.41) is 5.53. The van der Waals surface area contributed by atoms with Crippen LogP contribution in [0.5, 0.6) is 0 Å². The number of carbonyl (C=O) groups is 1. The van der Waals surface area contributed by atoms with Crippen molar-refractivity contribution in [3.8, 4) is 11.3 Å². The minimum atomic E-state index is -4.98. The number of hydrazine groups is 1. The molecule has 0 radical (unpaired) electrons. The minimum Gasteiger partial charge on any atom is -0.365 e. The van der Waals surface area contributed by atoms with Crippen molar-refractivity contribution in [3.05, 3.63) is 47.4 Å².